The van der Waals surface area contributed by atoms with Gasteiger partial charge in [-0.2, -0.15) is 0 Å². The number of nitrogens with zero attached hydrogens (tertiary/aromatic N) is 2. The summed E-state index contributed by atoms with van der Waals surface area (Å²) in [4.78, 5) is 10.5. The molecule has 2 nitrogen and oxygen atoms in total. The van der Waals surface area contributed by atoms with E-state index in [1.165, 1.54) is 70.1 Å². The fraction of sp³-hybridized carbons (Fsp3) is 0.0566. The van der Waals surface area contributed by atoms with Crippen LogP contribution in [0.25, 0.3) is 98.2 Å². The Kier molecular flexibility index (Phi) is 7.42. The molecule has 0 fully saturated rings. The summed E-state index contributed by atoms with van der Waals surface area (Å²) >= 11 is 1.83. The molecule has 2 aromatic heterocycles. The smallest absolute Gasteiger partial charge is 0.160 e. The van der Waals surface area contributed by atoms with Crippen LogP contribution in [0.1, 0.15) is 25.0 Å². The van der Waals surface area contributed by atoms with E-state index in [9.17, 15) is 0 Å². The summed E-state index contributed by atoms with van der Waals surface area (Å²) in [7, 11) is 0. The maximum Gasteiger partial charge on any atom is 0.160 e. The summed E-state index contributed by atoms with van der Waals surface area (Å²) in [5.74, 6) is 0.721. The Morgan fingerprint density at radius 2 is 0.946 bits per heavy atom. The van der Waals surface area contributed by atoms with Crippen LogP contribution in [0.5, 0.6) is 0 Å². The number of fused-ring (bicyclic) bond motifs is 7. The second-order valence-electron chi connectivity index (χ2n) is 15.3. The van der Waals surface area contributed by atoms with Crippen LogP contribution in [0.4, 0.5) is 0 Å². The molecule has 11 rings (SSSR count). The minimum atomic E-state index is -0.0270. The molecule has 0 N–H and O–H groups in total. The standard InChI is InChI=1S/C53H36N2S/c1-53(2)45-23-10-8-19-43(45)50-37(20-13-24-46(50)53)34-28-26-33(27-29-34)36-30-31-40(39-17-7-6-16-38(36)39)47-32-48(55-52(54-47)35-14-4-3-5-15-35)44-22-12-21-42-41-18-9-11-25-49(41)56-51(42)44/h3-32H,1-2H3. The maximum absolute atomic E-state index is 5.27. The SMILES string of the molecule is CC1(C)c2ccccc2-c2c(-c3ccc(-c4ccc(-c5cc(-c6cccc7c6sc6ccccc67)nc(-c6ccccc6)n5)c5ccccc45)cc3)cccc21. The molecule has 0 unspecified atom stereocenters. The average Bonchev–Trinajstić information content (AvgIpc) is 3.76. The second kappa shape index (κ2) is 12.7. The van der Waals surface area contributed by atoms with E-state index in [0.29, 0.717) is 0 Å². The van der Waals surface area contributed by atoms with Crippen molar-refractivity contribution >= 4 is 42.3 Å². The van der Waals surface area contributed by atoms with Crippen molar-refractivity contribution in [2.24, 2.45) is 0 Å². The highest BCUT2D eigenvalue weighted by Crippen LogP contribution is 2.52. The monoisotopic (exact) mass is 732 g/mol. The molecule has 3 heteroatoms. The number of rotatable bonds is 5. The highest BCUT2D eigenvalue weighted by Gasteiger charge is 2.36. The highest BCUT2D eigenvalue weighted by molar-refractivity contribution is 7.26. The fourth-order valence-electron chi connectivity index (χ4n) is 8.99. The van der Waals surface area contributed by atoms with Gasteiger partial charge in [-0.3, -0.25) is 0 Å². The van der Waals surface area contributed by atoms with Crippen molar-refractivity contribution in [3.63, 3.8) is 0 Å². The van der Waals surface area contributed by atoms with E-state index < -0.39 is 0 Å². The van der Waals surface area contributed by atoms with Crippen LogP contribution in [0, 0.1) is 0 Å². The molecule has 0 radical (unpaired) electrons. The minimum Gasteiger partial charge on any atom is -0.228 e. The van der Waals surface area contributed by atoms with Gasteiger partial charge in [-0.05, 0) is 67.4 Å². The number of hydrogen-bond acceptors (Lipinski definition) is 3. The van der Waals surface area contributed by atoms with Crippen LogP contribution < -0.4 is 0 Å². The van der Waals surface area contributed by atoms with Gasteiger partial charge < -0.3 is 0 Å². The van der Waals surface area contributed by atoms with Gasteiger partial charge in [-0.15, -0.1) is 11.3 Å². The quantitative estimate of drug-likeness (QED) is 0.176. The van der Waals surface area contributed by atoms with Gasteiger partial charge in [0.2, 0.25) is 0 Å². The van der Waals surface area contributed by atoms with Gasteiger partial charge in [-0.1, -0.05) is 184 Å². The van der Waals surface area contributed by atoms with Crippen LogP contribution in [0.3, 0.4) is 0 Å². The lowest BCUT2D eigenvalue weighted by molar-refractivity contribution is 0.660. The number of hydrogen-bond donors (Lipinski definition) is 0. The lowest BCUT2D eigenvalue weighted by atomic mass is 9.82. The molecule has 0 atom stereocenters. The van der Waals surface area contributed by atoms with E-state index in [4.69, 9.17) is 9.97 Å². The normalized spacial score (nSPS) is 13.0. The molecule has 1 aliphatic rings. The van der Waals surface area contributed by atoms with Crippen LogP contribution in [0.15, 0.2) is 182 Å². The number of thiophene rings is 1. The van der Waals surface area contributed by atoms with E-state index >= 15 is 0 Å². The summed E-state index contributed by atoms with van der Waals surface area (Å²) in [5, 5.41) is 4.90. The van der Waals surface area contributed by atoms with Crippen molar-refractivity contribution in [2.45, 2.75) is 19.3 Å². The average molecular weight is 733 g/mol. The van der Waals surface area contributed by atoms with Crippen molar-refractivity contribution in [3.05, 3.63) is 193 Å². The summed E-state index contributed by atoms with van der Waals surface area (Å²) < 4.78 is 2.53. The van der Waals surface area contributed by atoms with Gasteiger partial charge in [0.15, 0.2) is 5.82 Å². The minimum absolute atomic E-state index is 0.0270. The maximum atomic E-state index is 5.27. The summed E-state index contributed by atoms with van der Waals surface area (Å²) in [6.45, 7) is 4.69. The summed E-state index contributed by atoms with van der Waals surface area (Å²) in [6.07, 6.45) is 0. The molecule has 0 spiro atoms. The first-order chi connectivity index (χ1) is 27.5. The van der Waals surface area contributed by atoms with Crippen LogP contribution in [0.2, 0.25) is 0 Å². The Balaban J connectivity index is 1.04. The van der Waals surface area contributed by atoms with E-state index in [-0.39, 0.29) is 5.41 Å². The number of aromatic nitrogens is 2. The van der Waals surface area contributed by atoms with Gasteiger partial charge in [0.25, 0.3) is 0 Å². The van der Waals surface area contributed by atoms with Crippen molar-refractivity contribution in [3.8, 4) is 67.3 Å². The predicted octanol–water partition coefficient (Wildman–Crippen LogP) is 14.6. The zero-order valence-electron chi connectivity index (χ0n) is 31.1. The summed E-state index contributed by atoms with van der Waals surface area (Å²) in [5.41, 5.74) is 15.4. The molecule has 264 valence electrons. The molecule has 0 aliphatic heterocycles. The first kappa shape index (κ1) is 32.7. The molecule has 0 amide bonds. The Bertz CT molecular complexity index is 3150. The van der Waals surface area contributed by atoms with Crippen LogP contribution >= 0.6 is 11.3 Å². The molecule has 0 saturated heterocycles. The molecule has 2 heterocycles. The molecule has 0 bridgehead atoms. The van der Waals surface area contributed by atoms with Crippen molar-refractivity contribution < 1.29 is 0 Å². The van der Waals surface area contributed by atoms with Gasteiger partial charge >= 0.3 is 0 Å². The molecule has 0 saturated carbocycles. The summed E-state index contributed by atoms with van der Waals surface area (Å²) in [6, 6.07) is 65.8. The molecular formula is C53H36N2S. The number of benzene rings is 8. The Labute approximate surface area is 330 Å². The third-order valence-electron chi connectivity index (χ3n) is 11.8. The molecule has 56 heavy (non-hydrogen) atoms. The molecule has 8 aromatic carbocycles. The molecule has 10 aromatic rings. The van der Waals surface area contributed by atoms with E-state index in [2.05, 4.69) is 190 Å². The van der Waals surface area contributed by atoms with Gasteiger partial charge in [0.1, 0.15) is 0 Å². The zero-order chi connectivity index (χ0) is 37.4. The second-order valence-corrected chi connectivity index (χ2v) is 16.3. The Morgan fingerprint density at radius 3 is 1.75 bits per heavy atom. The van der Waals surface area contributed by atoms with Gasteiger partial charge in [0, 0.05) is 42.3 Å². The lowest BCUT2D eigenvalue weighted by Gasteiger charge is -2.21. The molecular weight excluding hydrogens is 697 g/mol. The predicted molar refractivity (Wildman–Crippen MR) is 237 cm³/mol. The highest BCUT2D eigenvalue weighted by atomic mass is 32.1. The lowest BCUT2D eigenvalue weighted by Crippen LogP contribution is -2.14. The van der Waals surface area contributed by atoms with E-state index in [1.807, 2.05) is 17.4 Å². The van der Waals surface area contributed by atoms with E-state index in [0.717, 1.165) is 39.3 Å². The zero-order valence-corrected chi connectivity index (χ0v) is 31.9. The largest absolute Gasteiger partial charge is 0.228 e. The first-order valence-corrected chi connectivity index (χ1v) is 20.1. The third kappa shape index (κ3) is 5.08. The Morgan fingerprint density at radius 1 is 0.393 bits per heavy atom. The molecule has 1 aliphatic carbocycles. The third-order valence-corrected chi connectivity index (χ3v) is 13.0. The topological polar surface area (TPSA) is 25.8 Å². The Hall–Kier alpha value is -6.68. The van der Waals surface area contributed by atoms with Gasteiger partial charge in [-0.25, -0.2) is 9.97 Å². The van der Waals surface area contributed by atoms with Crippen molar-refractivity contribution in [1.82, 2.24) is 9.97 Å². The van der Waals surface area contributed by atoms with E-state index in [1.54, 1.807) is 0 Å². The first-order valence-electron chi connectivity index (χ1n) is 19.2. The van der Waals surface area contributed by atoms with Crippen molar-refractivity contribution in [1.29, 1.82) is 0 Å². The van der Waals surface area contributed by atoms with Crippen molar-refractivity contribution in [2.75, 3.05) is 0 Å². The van der Waals surface area contributed by atoms with Gasteiger partial charge in [0.05, 0.1) is 11.4 Å². The van der Waals surface area contributed by atoms with Crippen LogP contribution in [-0.4, -0.2) is 9.97 Å². The van der Waals surface area contributed by atoms with Crippen LogP contribution in [-0.2, 0) is 5.41 Å². The fourth-order valence-corrected chi connectivity index (χ4v) is 10.2.